The minimum Gasteiger partial charge on any atom is -0.465 e. The highest BCUT2D eigenvalue weighted by molar-refractivity contribution is 8.02. The third-order valence-corrected chi connectivity index (χ3v) is 10.4. The number of likely N-dealkylation sites (tertiary alicyclic amines) is 1. The highest BCUT2D eigenvalue weighted by atomic mass is 32.2. The topological polar surface area (TPSA) is 87.1 Å². The number of hydrogen-bond donors (Lipinski definition) is 1. The van der Waals surface area contributed by atoms with Gasteiger partial charge >= 0.3 is 5.97 Å². The van der Waals surface area contributed by atoms with Crippen molar-refractivity contribution in [1.29, 1.82) is 0 Å². The van der Waals surface area contributed by atoms with E-state index in [1.807, 2.05) is 36.4 Å². The van der Waals surface area contributed by atoms with Gasteiger partial charge in [0.2, 0.25) is 11.8 Å². The number of aliphatic hydroxyl groups is 1. The third-order valence-electron chi connectivity index (χ3n) is 8.43. The van der Waals surface area contributed by atoms with Crippen LogP contribution in [-0.2, 0) is 19.1 Å². The number of thioether (sulfide) groups is 1. The molecule has 6 atom stereocenters. The molecule has 7 nitrogen and oxygen atoms in total. The summed E-state index contributed by atoms with van der Waals surface area (Å²) in [5.74, 6) is -1.93. The van der Waals surface area contributed by atoms with Crippen LogP contribution < -0.4 is 0 Å². The molecule has 1 aromatic rings. The molecule has 8 heteroatoms. The summed E-state index contributed by atoms with van der Waals surface area (Å²) in [7, 11) is 0. The van der Waals surface area contributed by atoms with Crippen LogP contribution in [0.2, 0.25) is 0 Å². The van der Waals surface area contributed by atoms with E-state index < -0.39 is 28.7 Å². The normalized spacial score (nSPS) is 27.7. The molecule has 3 saturated heterocycles. The number of aliphatic hydroxyl groups excluding tert-OH is 1. The summed E-state index contributed by atoms with van der Waals surface area (Å²) in [6.07, 6.45) is 9.28. The Kier molecular flexibility index (Phi) is 9.94. The molecular formula is C31H42N2O5S. The van der Waals surface area contributed by atoms with Gasteiger partial charge < -0.3 is 19.6 Å². The number of nitrogens with zero attached hydrogens (tertiary/aromatic N) is 2. The van der Waals surface area contributed by atoms with Gasteiger partial charge in [-0.25, -0.2) is 0 Å². The largest absolute Gasteiger partial charge is 0.465 e. The van der Waals surface area contributed by atoms with Crippen LogP contribution >= 0.6 is 11.8 Å². The lowest BCUT2D eigenvalue weighted by Crippen LogP contribution is -2.55. The van der Waals surface area contributed by atoms with E-state index in [-0.39, 0.29) is 29.6 Å². The van der Waals surface area contributed by atoms with Crippen LogP contribution in [0.3, 0.4) is 0 Å². The standard InChI is InChI=1S/C31H42N2O5S/c1-4-7-9-13-20-38-30(37)25-24-16-17-31(39-24)26(25)28(35)33(23(21-34)22-14-11-10-12-15-22)27(31)29(36)32(18-6-3)19-8-5-2/h4,6,10-12,14-15,23-27,34H,1,3,5,7-9,13,16-21H2,2H3/t23-,24-,25+,26+,27?,31?/m1/s1. The first-order valence-electron chi connectivity index (χ1n) is 14.3. The molecule has 0 saturated carbocycles. The van der Waals surface area contributed by atoms with E-state index in [1.165, 1.54) is 0 Å². The lowest BCUT2D eigenvalue weighted by Gasteiger charge is -2.39. The number of carbonyl (C=O) groups excluding carboxylic acids is 3. The number of benzene rings is 1. The van der Waals surface area contributed by atoms with E-state index >= 15 is 0 Å². The van der Waals surface area contributed by atoms with Crippen molar-refractivity contribution in [2.24, 2.45) is 11.8 Å². The van der Waals surface area contributed by atoms with Crippen molar-refractivity contribution in [1.82, 2.24) is 9.80 Å². The van der Waals surface area contributed by atoms with Gasteiger partial charge in [-0.05, 0) is 44.1 Å². The van der Waals surface area contributed by atoms with Gasteiger partial charge in [0, 0.05) is 18.3 Å². The first-order chi connectivity index (χ1) is 18.9. The summed E-state index contributed by atoms with van der Waals surface area (Å²) >= 11 is 1.63. The quantitative estimate of drug-likeness (QED) is 0.195. The summed E-state index contributed by atoms with van der Waals surface area (Å²) < 4.78 is 4.98. The Morgan fingerprint density at radius 2 is 2.00 bits per heavy atom. The van der Waals surface area contributed by atoms with Crippen molar-refractivity contribution in [2.45, 2.75) is 74.0 Å². The number of amides is 2. The van der Waals surface area contributed by atoms with Crippen LogP contribution in [0.1, 0.15) is 63.5 Å². The van der Waals surface area contributed by atoms with Gasteiger partial charge in [0.25, 0.3) is 0 Å². The number of esters is 1. The van der Waals surface area contributed by atoms with Crippen LogP contribution in [0.25, 0.3) is 0 Å². The molecule has 1 N–H and O–H groups in total. The predicted octanol–water partition coefficient (Wildman–Crippen LogP) is 4.53. The lowest BCUT2D eigenvalue weighted by atomic mass is 9.71. The zero-order chi connectivity index (χ0) is 28.0. The first kappa shape index (κ1) is 29.4. The molecule has 2 bridgehead atoms. The van der Waals surface area contributed by atoms with Crippen LogP contribution in [-0.4, -0.2) is 75.0 Å². The molecule has 4 rings (SSSR count). The molecule has 3 aliphatic heterocycles. The molecule has 212 valence electrons. The maximum atomic E-state index is 14.4. The maximum absolute atomic E-state index is 14.4. The second-order valence-electron chi connectivity index (χ2n) is 10.8. The molecule has 3 heterocycles. The maximum Gasteiger partial charge on any atom is 0.310 e. The predicted molar refractivity (Wildman–Crippen MR) is 154 cm³/mol. The highest BCUT2D eigenvalue weighted by Crippen LogP contribution is 2.67. The van der Waals surface area contributed by atoms with Gasteiger partial charge in [0.1, 0.15) is 6.04 Å². The summed E-state index contributed by atoms with van der Waals surface area (Å²) in [5.41, 5.74) is 0.771. The second kappa shape index (κ2) is 13.2. The Morgan fingerprint density at radius 1 is 1.23 bits per heavy atom. The molecule has 3 aliphatic rings. The smallest absolute Gasteiger partial charge is 0.310 e. The first-order valence-corrected chi connectivity index (χ1v) is 15.2. The van der Waals surface area contributed by atoms with Crippen LogP contribution in [0, 0.1) is 11.8 Å². The fourth-order valence-corrected chi connectivity index (χ4v) is 8.82. The summed E-state index contributed by atoms with van der Waals surface area (Å²) in [6.45, 7) is 10.6. The molecule has 0 aromatic heterocycles. The zero-order valence-corrected chi connectivity index (χ0v) is 23.8. The van der Waals surface area contributed by atoms with Gasteiger partial charge in [-0.2, -0.15) is 0 Å². The number of unbranched alkanes of at least 4 members (excludes halogenated alkanes) is 3. The van der Waals surface area contributed by atoms with Gasteiger partial charge in [-0.15, -0.1) is 24.9 Å². The van der Waals surface area contributed by atoms with Crippen molar-refractivity contribution >= 4 is 29.5 Å². The minimum absolute atomic E-state index is 0.0510. The van der Waals surface area contributed by atoms with Crippen LogP contribution in [0.5, 0.6) is 0 Å². The Balaban J connectivity index is 1.71. The molecule has 1 spiro atoms. The van der Waals surface area contributed by atoms with Crippen molar-refractivity contribution in [2.75, 3.05) is 26.3 Å². The number of ether oxygens (including phenoxy) is 1. The second-order valence-corrected chi connectivity index (χ2v) is 12.4. The van der Waals surface area contributed by atoms with Crippen molar-refractivity contribution in [3.8, 4) is 0 Å². The average Bonchev–Trinajstić information content (AvgIpc) is 3.59. The fourth-order valence-electron chi connectivity index (χ4n) is 6.63. The molecular weight excluding hydrogens is 512 g/mol. The SMILES string of the molecule is C=CCCCCOC(=O)[C@@H]1[C@H]2C(=O)N([C@H](CO)c3ccccc3)C(C(=O)N(CC=C)CCCC)C23CC[C@H]1S3. The number of allylic oxidation sites excluding steroid dienone is 1. The number of hydrogen-bond acceptors (Lipinski definition) is 6. The number of carbonyl (C=O) groups is 3. The summed E-state index contributed by atoms with van der Waals surface area (Å²) in [4.78, 5) is 45.6. The van der Waals surface area contributed by atoms with Gasteiger partial charge in [0.15, 0.2) is 0 Å². The Morgan fingerprint density at radius 3 is 2.67 bits per heavy atom. The average molecular weight is 555 g/mol. The molecule has 3 fully saturated rings. The van der Waals surface area contributed by atoms with Crippen molar-refractivity contribution in [3.05, 3.63) is 61.2 Å². The summed E-state index contributed by atoms with van der Waals surface area (Å²) in [6, 6.07) is 7.91. The number of rotatable bonds is 15. The zero-order valence-electron chi connectivity index (χ0n) is 23.0. The minimum atomic E-state index is -0.774. The van der Waals surface area contributed by atoms with Crippen molar-refractivity contribution < 1.29 is 24.2 Å². The fraction of sp³-hybridized carbons (Fsp3) is 0.581. The monoisotopic (exact) mass is 554 g/mol. The van der Waals surface area contributed by atoms with E-state index in [2.05, 4.69) is 20.1 Å². The summed E-state index contributed by atoms with van der Waals surface area (Å²) in [5, 5.41) is 10.5. The molecule has 39 heavy (non-hydrogen) atoms. The van der Waals surface area contributed by atoms with Crippen LogP contribution in [0.4, 0.5) is 0 Å². The molecule has 2 amide bonds. The Bertz CT molecular complexity index is 1050. The van der Waals surface area contributed by atoms with Gasteiger partial charge in [0.05, 0.1) is 35.8 Å². The van der Waals surface area contributed by atoms with E-state index in [9.17, 15) is 19.5 Å². The highest BCUT2D eigenvalue weighted by Gasteiger charge is 2.74. The van der Waals surface area contributed by atoms with Crippen molar-refractivity contribution in [3.63, 3.8) is 0 Å². The third kappa shape index (κ3) is 5.55. The van der Waals surface area contributed by atoms with Gasteiger partial charge in [-0.3, -0.25) is 14.4 Å². The van der Waals surface area contributed by atoms with Gasteiger partial charge in [-0.1, -0.05) is 55.8 Å². The van der Waals surface area contributed by atoms with E-state index in [1.54, 1.807) is 27.6 Å². The van der Waals surface area contributed by atoms with Crippen LogP contribution in [0.15, 0.2) is 55.6 Å². The number of fused-ring (bicyclic) bond motifs is 1. The Labute approximate surface area is 236 Å². The molecule has 0 aliphatic carbocycles. The van der Waals surface area contributed by atoms with E-state index in [0.29, 0.717) is 26.1 Å². The van der Waals surface area contributed by atoms with E-state index in [4.69, 9.17) is 4.74 Å². The lowest BCUT2D eigenvalue weighted by molar-refractivity contribution is -0.154. The van der Waals surface area contributed by atoms with E-state index in [0.717, 1.165) is 44.1 Å². The Hall–Kier alpha value is -2.58. The molecule has 2 unspecified atom stereocenters. The molecule has 0 radical (unpaired) electrons. The molecule has 1 aromatic carbocycles.